The van der Waals surface area contributed by atoms with Crippen molar-refractivity contribution in [3.8, 4) is 0 Å². The van der Waals surface area contributed by atoms with Crippen molar-refractivity contribution in [1.29, 1.82) is 0 Å². The summed E-state index contributed by atoms with van der Waals surface area (Å²) in [7, 11) is 0. The summed E-state index contributed by atoms with van der Waals surface area (Å²) in [6.45, 7) is 4.07. The fraction of sp³-hybridized carbons (Fsp3) is 0.500. The maximum Gasteiger partial charge on any atom is 0.240 e. The Morgan fingerprint density at radius 1 is 1.36 bits per heavy atom. The van der Waals surface area contributed by atoms with Gasteiger partial charge in [-0.1, -0.05) is 32.0 Å². The zero-order valence-corrected chi connectivity index (χ0v) is 14.5. The molecule has 1 aromatic rings. The smallest absolute Gasteiger partial charge is 0.240 e. The molecule has 5 N–H and O–H groups in total. The number of benzene rings is 1. The summed E-state index contributed by atoms with van der Waals surface area (Å²) in [5, 5.41) is 2.85. The minimum Gasteiger partial charge on any atom is -0.368 e. The van der Waals surface area contributed by atoms with Gasteiger partial charge in [-0.25, -0.2) is 0 Å². The molecular formula is C18H24N4O3. The Balaban J connectivity index is 1.95. The molecule has 2 aliphatic rings. The van der Waals surface area contributed by atoms with Crippen LogP contribution < -0.4 is 16.8 Å². The minimum atomic E-state index is -0.941. The molecule has 3 rings (SSSR count). The molecule has 1 aromatic carbocycles. The molecule has 3 amide bonds. The largest absolute Gasteiger partial charge is 0.368 e. The number of nitrogens with one attached hydrogen (secondary N) is 1. The molecule has 0 bridgehead atoms. The van der Waals surface area contributed by atoms with E-state index >= 15 is 0 Å². The number of hydrogen-bond donors (Lipinski definition) is 3. The lowest BCUT2D eigenvalue weighted by molar-refractivity contribution is -0.138. The predicted octanol–water partition coefficient (Wildman–Crippen LogP) is 0.336. The number of carbonyl (C=O) groups excluding carboxylic acids is 3. The topological polar surface area (TPSA) is 119 Å². The second-order valence-electron chi connectivity index (χ2n) is 7.41. The van der Waals surface area contributed by atoms with Gasteiger partial charge < -0.3 is 21.7 Å². The molecule has 1 spiro atoms. The monoisotopic (exact) mass is 344 g/mol. The van der Waals surface area contributed by atoms with E-state index in [4.69, 9.17) is 11.5 Å². The van der Waals surface area contributed by atoms with Gasteiger partial charge in [0.05, 0.1) is 11.5 Å². The number of nitrogens with zero attached hydrogens (tertiary/aromatic N) is 1. The number of carbonyl (C=O) groups is 3. The number of nitrogens with two attached hydrogens (primary N) is 2. The van der Waals surface area contributed by atoms with Crippen LogP contribution in [-0.2, 0) is 19.8 Å². The Bertz CT molecular complexity index is 733. The molecule has 0 radical (unpaired) electrons. The molecular weight excluding hydrogens is 320 g/mol. The minimum absolute atomic E-state index is 0.119. The van der Waals surface area contributed by atoms with Crippen molar-refractivity contribution in [3.63, 3.8) is 0 Å². The molecule has 2 aliphatic heterocycles. The van der Waals surface area contributed by atoms with Gasteiger partial charge in [0.25, 0.3) is 0 Å². The lowest BCUT2D eigenvalue weighted by atomic mass is 9.79. The van der Waals surface area contributed by atoms with Crippen molar-refractivity contribution in [2.45, 2.75) is 44.2 Å². The third-order valence-electron chi connectivity index (χ3n) is 5.14. The second-order valence-corrected chi connectivity index (χ2v) is 7.41. The van der Waals surface area contributed by atoms with E-state index in [1.165, 1.54) is 4.90 Å². The Morgan fingerprint density at radius 3 is 2.68 bits per heavy atom. The molecule has 7 nitrogen and oxygen atoms in total. The fourth-order valence-electron chi connectivity index (χ4n) is 3.95. The average Bonchev–Trinajstić information content (AvgIpc) is 3.07. The normalized spacial score (nSPS) is 26.0. The van der Waals surface area contributed by atoms with Crippen LogP contribution in [0.5, 0.6) is 0 Å². The van der Waals surface area contributed by atoms with Crippen molar-refractivity contribution >= 4 is 23.4 Å². The molecule has 0 aromatic heterocycles. The van der Waals surface area contributed by atoms with Crippen molar-refractivity contribution < 1.29 is 14.4 Å². The van der Waals surface area contributed by atoms with Crippen LogP contribution >= 0.6 is 0 Å². The summed E-state index contributed by atoms with van der Waals surface area (Å²) in [5.74, 6) is -0.892. The highest BCUT2D eigenvalue weighted by molar-refractivity contribution is 6.08. The van der Waals surface area contributed by atoms with Gasteiger partial charge in [0.15, 0.2) is 0 Å². The van der Waals surface area contributed by atoms with Gasteiger partial charge in [0.2, 0.25) is 17.7 Å². The summed E-state index contributed by atoms with van der Waals surface area (Å²) in [6.07, 6.45) is 0.696. The van der Waals surface area contributed by atoms with Crippen molar-refractivity contribution in [2.75, 3.05) is 11.9 Å². The van der Waals surface area contributed by atoms with Gasteiger partial charge in [-0.05, 0) is 30.4 Å². The van der Waals surface area contributed by atoms with E-state index in [1.54, 1.807) is 0 Å². The Kier molecular flexibility index (Phi) is 4.28. The molecule has 0 saturated carbocycles. The number of rotatable bonds is 4. The third kappa shape index (κ3) is 2.78. The van der Waals surface area contributed by atoms with Crippen molar-refractivity contribution in [3.05, 3.63) is 29.8 Å². The van der Waals surface area contributed by atoms with Crippen LogP contribution in [0.4, 0.5) is 5.69 Å². The standard InChI is InChI=1S/C18H24N4O3/c1-10(2)7-12(19)16(24)22-9-18(8-14(22)15(20)23)11-5-3-4-6-13(11)21-17(18)25/h3-6,10,12,14H,7-9,19H2,1-2H3,(H2,20,23)(H,21,25)/t12-,14-,18-/m0/s1. The summed E-state index contributed by atoms with van der Waals surface area (Å²) < 4.78 is 0. The highest BCUT2D eigenvalue weighted by Gasteiger charge is 2.57. The lowest BCUT2D eigenvalue weighted by Crippen LogP contribution is -2.51. The van der Waals surface area contributed by atoms with E-state index in [0.29, 0.717) is 6.42 Å². The summed E-state index contributed by atoms with van der Waals surface area (Å²) >= 11 is 0. The highest BCUT2D eigenvalue weighted by atomic mass is 16.2. The Labute approximate surface area is 146 Å². The zero-order chi connectivity index (χ0) is 18.4. The summed E-state index contributed by atoms with van der Waals surface area (Å²) in [5.41, 5.74) is 12.2. The maximum absolute atomic E-state index is 12.8. The van der Waals surface area contributed by atoms with Crippen molar-refractivity contribution in [1.82, 2.24) is 4.90 Å². The van der Waals surface area contributed by atoms with E-state index in [-0.39, 0.29) is 30.7 Å². The first-order valence-electron chi connectivity index (χ1n) is 8.52. The molecule has 0 aliphatic carbocycles. The van der Waals surface area contributed by atoms with Crippen LogP contribution in [0.15, 0.2) is 24.3 Å². The quantitative estimate of drug-likeness (QED) is 0.729. The average molecular weight is 344 g/mol. The molecule has 7 heteroatoms. The predicted molar refractivity (Wildman–Crippen MR) is 93.5 cm³/mol. The number of para-hydroxylation sites is 1. The number of primary amides is 1. The Hall–Kier alpha value is -2.41. The zero-order valence-electron chi connectivity index (χ0n) is 14.5. The fourth-order valence-corrected chi connectivity index (χ4v) is 3.95. The number of amides is 3. The van der Waals surface area contributed by atoms with Crippen LogP contribution in [0.2, 0.25) is 0 Å². The van der Waals surface area contributed by atoms with Gasteiger partial charge in [0.1, 0.15) is 6.04 Å². The number of hydrogen-bond acceptors (Lipinski definition) is 4. The van der Waals surface area contributed by atoms with Gasteiger partial charge in [-0.2, -0.15) is 0 Å². The third-order valence-corrected chi connectivity index (χ3v) is 5.14. The number of anilines is 1. The van der Waals surface area contributed by atoms with E-state index < -0.39 is 23.4 Å². The molecule has 0 unspecified atom stereocenters. The molecule has 3 atom stereocenters. The number of fused-ring (bicyclic) bond motifs is 2. The highest BCUT2D eigenvalue weighted by Crippen LogP contribution is 2.46. The van der Waals surface area contributed by atoms with Gasteiger partial charge in [0, 0.05) is 12.2 Å². The summed E-state index contributed by atoms with van der Waals surface area (Å²) in [4.78, 5) is 38.9. The van der Waals surface area contributed by atoms with E-state index in [1.807, 2.05) is 38.1 Å². The lowest BCUT2D eigenvalue weighted by Gasteiger charge is -2.27. The first-order valence-corrected chi connectivity index (χ1v) is 8.52. The molecule has 2 heterocycles. The first kappa shape index (κ1) is 17.4. The molecule has 25 heavy (non-hydrogen) atoms. The number of likely N-dealkylation sites (tertiary alicyclic amines) is 1. The van der Waals surface area contributed by atoms with Gasteiger partial charge >= 0.3 is 0 Å². The van der Waals surface area contributed by atoms with E-state index in [2.05, 4.69) is 5.32 Å². The Morgan fingerprint density at radius 2 is 2.04 bits per heavy atom. The SMILES string of the molecule is CC(C)C[C@H](N)C(=O)N1C[C@]2(C[C@H]1C(N)=O)C(=O)Nc1ccccc12. The van der Waals surface area contributed by atoms with Crippen LogP contribution in [0.1, 0.15) is 32.3 Å². The van der Waals surface area contributed by atoms with Gasteiger partial charge in [-0.15, -0.1) is 0 Å². The van der Waals surface area contributed by atoms with Crippen LogP contribution in [0.3, 0.4) is 0 Å². The van der Waals surface area contributed by atoms with E-state index in [0.717, 1.165) is 11.3 Å². The van der Waals surface area contributed by atoms with Gasteiger partial charge in [-0.3, -0.25) is 14.4 Å². The second kappa shape index (κ2) is 6.15. The summed E-state index contributed by atoms with van der Waals surface area (Å²) in [6, 6.07) is 5.80. The van der Waals surface area contributed by atoms with Crippen LogP contribution in [0.25, 0.3) is 0 Å². The van der Waals surface area contributed by atoms with Crippen molar-refractivity contribution in [2.24, 2.45) is 17.4 Å². The maximum atomic E-state index is 12.8. The van der Waals surface area contributed by atoms with E-state index in [9.17, 15) is 14.4 Å². The molecule has 1 fully saturated rings. The van der Waals surface area contributed by atoms with Crippen LogP contribution in [0, 0.1) is 5.92 Å². The molecule has 1 saturated heterocycles. The van der Waals surface area contributed by atoms with Crippen LogP contribution in [-0.4, -0.2) is 41.2 Å². The molecule has 134 valence electrons. The first-order chi connectivity index (χ1) is 11.8.